The first-order chi connectivity index (χ1) is 9.20. The van der Waals surface area contributed by atoms with Crippen LogP contribution in [0, 0.1) is 0 Å². The zero-order chi connectivity index (χ0) is 13.7. The molecule has 5 heteroatoms. The first-order valence-corrected chi connectivity index (χ1v) is 6.90. The number of hydrogen-bond donors (Lipinski definition) is 2. The summed E-state index contributed by atoms with van der Waals surface area (Å²) in [7, 11) is -0.00352. The molecule has 0 heterocycles. The highest BCUT2D eigenvalue weighted by atomic mass is 32.2. The van der Waals surface area contributed by atoms with Gasteiger partial charge in [0.05, 0.1) is 7.11 Å². The van der Waals surface area contributed by atoms with E-state index < -0.39 is 7.12 Å². The number of ether oxygens (including phenoxy) is 1. The van der Waals surface area contributed by atoms with Crippen LogP contribution in [0.25, 0.3) is 0 Å². The van der Waals surface area contributed by atoms with Gasteiger partial charge >= 0.3 is 7.12 Å². The topological polar surface area (TPSA) is 49.7 Å². The van der Waals surface area contributed by atoms with E-state index in [-0.39, 0.29) is 0 Å². The molecule has 0 saturated carbocycles. The fraction of sp³-hybridized carbons (Fsp3) is 0.143. The number of benzene rings is 2. The van der Waals surface area contributed by atoms with E-state index in [4.69, 9.17) is 4.74 Å². The molecule has 0 unspecified atom stereocenters. The average molecular weight is 274 g/mol. The van der Waals surface area contributed by atoms with Crippen LogP contribution in [-0.4, -0.2) is 24.3 Å². The summed E-state index contributed by atoms with van der Waals surface area (Å²) in [5.74, 6) is 1.26. The molecule has 0 bridgehead atoms. The van der Waals surface area contributed by atoms with Crippen LogP contribution in [0.5, 0.6) is 5.75 Å². The van der Waals surface area contributed by atoms with Gasteiger partial charge in [-0.25, -0.2) is 0 Å². The van der Waals surface area contributed by atoms with Gasteiger partial charge in [0.15, 0.2) is 0 Å². The van der Waals surface area contributed by atoms with E-state index in [0.29, 0.717) is 11.2 Å². The molecule has 0 aliphatic rings. The highest BCUT2D eigenvalue weighted by Crippen LogP contribution is 2.22. The van der Waals surface area contributed by atoms with Crippen molar-refractivity contribution in [3.63, 3.8) is 0 Å². The van der Waals surface area contributed by atoms with Crippen LogP contribution in [0.3, 0.4) is 0 Å². The van der Waals surface area contributed by atoms with Gasteiger partial charge in [-0.3, -0.25) is 0 Å². The minimum absolute atomic E-state index is 0.397. The third kappa shape index (κ3) is 3.77. The van der Waals surface area contributed by atoms with Gasteiger partial charge in [0.2, 0.25) is 0 Å². The fourth-order valence-corrected chi connectivity index (χ4v) is 2.62. The van der Waals surface area contributed by atoms with E-state index >= 15 is 0 Å². The molecular formula is C14H15BO3S. The Kier molecular flexibility index (Phi) is 4.90. The molecule has 2 rings (SSSR count). The first-order valence-electron chi connectivity index (χ1n) is 5.91. The SMILES string of the molecule is COc1ccc(CSc2ccccc2)cc1B(O)O. The molecule has 0 fully saturated rings. The summed E-state index contributed by atoms with van der Waals surface area (Å²) in [4.78, 5) is 1.18. The lowest BCUT2D eigenvalue weighted by Crippen LogP contribution is -2.31. The van der Waals surface area contributed by atoms with Gasteiger partial charge in [-0.05, 0) is 23.8 Å². The molecular weight excluding hydrogens is 259 g/mol. The summed E-state index contributed by atoms with van der Waals surface area (Å²) >= 11 is 1.70. The van der Waals surface area contributed by atoms with Gasteiger partial charge in [-0.15, -0.1) is 11.8 Å². The van der Waals surface area contributed by atoms with E-state index in [9.17, 15) is 10.0 Å². The van der Waals surface area contributed by atoms with Gasteiger partial charge in [-0.2, -0.15) is 0 Å². The lowest BCUT2D eigenvalue weighted by Gasteiger charge is -2.10. The maximum atomic E-state index is 9.31. The minimum atomic E-state index is -1.52. The molecule has 0 aromatic heterocycles. The van der Waals surface area contributed by atoms with Crippen LogP contribution in [-0.2, 0) is 5.75 Å². The third-order valence-electron chi connectivity index (χ3n) is 2.72. The van der Waals surface area contributed by atoms with Gasteiger partial charge in [-0.1, -0.05) is 30.3 Å². The zero-order valence-electron chi connectivity index (χ0n) is 10.6. The monoisotopic (exact) mass is 274 g/mol. The summed E-state index contributed by atoms with van der Waals surface area (Å²) in [5, 5.41) is 18.6. The fourth-order valence-electron chi connectivity index (χ4n) is 1.76. The molecule has 0 aliphatic heterocycles. The normalized spacial score (nSPS) is 10.3. The molecule has 0 saturated heterocycles. The Balaban J connectivity index is 2.11. The van der Waals surface area contributed by atoms with Crippen molar-refractivity contribution in [1.82, 2.24) is 0 Å². The van der Waals surface area contributed by atoms with E-state index in [1.54, 1.807) is 23.9 Å². The van der Waals surface area contributed by atoms with Gasteiger partial charge < -0.3 is 14.8 Å². The van der Waals surface area contributed by atoms with E-state index in [0.717, 1.165) is 11.3 Å². The third-order valence-corrected chi connectivity index (χ3v) is 3.80. The predicted octanol–water partition coefficient (Wildman–Crippen LogP) is 1.67. The van der Waals surface area contributed by atoms with Crippen molar-refractivity contribution in [3.8, 4) is 5.75 Å². The van der Waals surface area contributed by atoms with Crippen LogP contribution in [0.1, 0.15) is 5.56 Å². The van der Waals surface area contributed by atoms with E-state index in [1.807, 2.05) is 24.3 Å². The van der Waals surface area contributed by atoms with E-state index in [2.05, 4.69) is 12.1 Å². The minimum Gasteiger partial charge on any atom is -0.497 e. The summed E-state index contributed by atoms with van der Waals surface area (Å²) in [6.07, 6.45) is 0. The smallest absolute Gasteiger partial charge is 0.492 e. The predicted molar refractivity (Wildman–Crippen MR) is 78.8 cm³/mol. The highest BCUT2D eigenvalue weighted by molar-refractivity contribution is 7.98. The Morgan fingerprint density at radius 3 is 2.47 bits per heavy atom. The van der Waals surface area contributed by atoms with Crippen molar-refractivity contribution in [3.05, 3.63) is 54.1 Å². The second-order valence-electron chi connectivity index (χ2n) is 4.05. The molecule has 0 atom stereocenters. The summed E-state index contributed by atoms with van der Waals surface area (Å²) in [6.45, 7) is 0. The zero-order valence-corrected chi connectivity index (χ0v) is 11.4. The number of hydrogen-bond acceptors (Lipinski definition) is 4. The Bertz CT molecular complexity index is 531. The summed E-state index contributed by atoms with van der Waals surface area (Å²) in [6, 6.07) is 15.5. The summed E-state index contributed by atoms with van der Waals surface area (Å²) < 4.78 is 5.10. The molecule has 0 radical (unpaired) electrons. The molecule has 2 aromatic rings. The molecule has 2 aromatic carbocycles. The molecule has 2 N–H and O–H groups in total. The van der Waals surface area contributed by atoms with Crippen LogP contribution < -0.4 is 10.2 Å². The number of rotatable bonds is 5. The van der Waals surface area contributed by atoms with Crippen LogP contribution in [0.15, 0.2) is 53.4 Å². The van der Waals surface area contributed by atoms with Crippen molar-refractivity contribution in [2.75, 3.05) is 7.11 Å². The van der Waals surface area contributed by atoms with Crippen LogP contribution in [0.4, 0.5) is 0 Å². The molecule has 98 valence electrons. The molecule has 0 amide bonds. The van der Waals surface area contributed by atoms with Crippen LogP contribution in [0.2, 0.25) is 0 Å². The number of thioether (sulfide) groups is 1. The Hall–Kier alpha value is -1.43. The molecule has 0 spiro atoms. The van der Waals surface area contributed by atoms with Crippen molar-refractivity contribution >= 4 is 24.3 Å². The van der Waals surface area contributed by atoms with Gasteiger partial charge in [0.1, 0.15) is 5.75 Å². The van der Waals surface area contributed by atoms with E-state index in [1.165, 1.54) is 12.0 Å². The standard InChI is InChI=1S/C14H15BO3S/c1-18-14-8-7-11(9-13(14)15(16)17)10-19-12-5-3-2-4-6-12/h2-9,16-17H,10H2,1H3. The Morgan fingerprint density at radius 2 is 1.84 bits per heavy atom. The maximum absolute atomic E-state index is 9.31. The average Bonchev–Trinajstić information content (AvgIpc) is 2.46. The Labute approximate surface area is 117 Å². The quantitative estimate of drug-likeness (QED) is 0.643. The Morgan fingerprint density at radius 1 is 1.11 bits per heavy atom. The molecule has 3 nitrogen and oxygen atoms in total. The van der Waals surface area contributed by atoms with Crippen molar-refractivity contribution in [2.45, 2.75) is 10.6 Å². The lowest BCUT2D eigenvalue weighted by molar-refractivity contribution is 0.403. The first kappa shape index (κ1) is 14.0. The lowest BCUT2D eigenvalue weighted by atomic mass is 9.79. The molecule has 0 aliphatic carbocycles. The second-order valence-corrected chi connectivity index (χ2v) is 5.10. The second kappa shape index (κ2) is 6.66. The van der Waals surface area contributed by atoms with Crippen molar-refractivity contribution in [1.29, 1.82) is 0 Å². The van der Waals surface area contributed by atoms with Crippen molar-refractivity contribution < 1.29 is 14.8 Å². The largest absolute Gasteiger partial charge is 0.497 e. The van der Waals surface area contributed by atoms with Gasteiger partial charge in [0, 0.05) is 16.1 Å². The highest BCUT2D eigenvalue weighted by Gasteiger charge is 2.17. The molecule has 19 heavy (non-hydrogen) atoms. The number of methoxy groups -OCH3 is 1. The maximum Gasteiger partial charge on any atom is 0.492 e. The van der Waals surface area contributed by atoms with Gasteiger partial charge in [0.25, 0.3) is 0 Å². The van der Waals surface area contributed by atoms with Crippen molar-refractivity contribution in [2.24, 2.45) is 0 Å². The van der Waals surface area contributed by atoms with Crippen LogP contribution >= 0.6 is 11.8 Å². The summed E-state index contributed by atoms with van der Waals surface area (Å²) in [5.41, 5.74) is 1.42.